The van der Waals surface area contributed by atoms with Crippen LogP contribution in [0.2, 0.25) is 0 Å². The largest absolute Gasteiger partial charge is 0.481 e. The number of nitrogens with two attached hydrogens (primary N) is 1. The van der Waals surface area contributed by atoms with E-state index in [1.54, 1.807) is 6.29 Å². The number of unbranched alkanes of at least 4 members (excludes halogenated alkanes) is 1. The Morgan fingerprint density at radius 1 is 1.21 bits per heavy atom. The number of rotatable bonds is 13. The zero-order valence-electron chi connectivity index (χ0n) is 15.4. The van der Waals surface area contributed by atoms with Crippen LogP contribution >= 0.6 is 0 Å². The molecule has 139 valence electrons. The summed E-state index contributed by atoms with van der Waals surface area (Å²) in [4.78, 5) is 34.6. The molecule has 4 atom stereocenters. The minimum absolute atomic E-state index is 0.0536. The second-order valence-electron chi connectivity index (χ2n) is 6.87. The highest BCUT2D eigenvalue weighted by atomic mass is 16.4. The Balaban J connectivity index is 4.78. The van der Waals surface area contributed by atoms with Crippen molar-refractivity contribution in [1.29, 1.82) is 0 Å². The molecule has 1 amide bonds. The van der Waals surface area contributed by atoms with E-state index in [4.69, 9.17) is 5.73 Å². The number of aliphatic carboxylic acids is 1. The zero-order chi connectivity index (χ0) is 18.7. The molecule has 1 radical (unpaired) electrons. The van der Waals surface area contributed by atoms with Gasteiger partial charge in [-0.1, -0.05) is 53.4 Å². The van der Waals surface area contributed by atoms with Crippen molar-refractivity contribution in [2.75, 3.05) is 0 Å². The van der Waals surface area contributed by atoms with E-state index < -0.39 is 29.9 Å². The lowest BCUT2D eigenvalue weighted by Gasteiger charge is -2.23. The number of carbonyl (C=O) groups is 2. The molecular formula is C18H33N2O4. The predicted octanol–water partition coefficient (Wildman–Crippen LogP) is 2.26. The number of carboxylic acid groups (broad SMARTS) is 1. The monoisotopic (exact) mass is 341 g/mol. The van der Waals surface area contributed by atoms with Crippen molar-refractivity contribution in [3.63, 3.8) is 0 Å². The van der Waals surface area contributed by atoms with Crippen LogP contribution in [-0.2, 0) is 14.4 Å². The molecule has 0 aliphatic heterocycles. The molecule has 0 aliphatic rings. The van der Waals surface area contributed by atoms with Gasteiger partial charge in [0.1, 0.15) is 0 Å². The molecule has 6 nitrogen and oxygen atoms in total. The van der Waals surface area contributed by atoms with Crippen LogP contribution in [0.15, 0.2) is 0 Å². The summed E-state index contributed by atoms with van der Waals surface area (Å²) in [6.07, 6.45) is 6.33. The van der Waals surface area contributed by atoms with Gasteiger partial charge in [0, 0.05) is 0 Å². The maximum Gasteiger partial charge on any atom is 0.306 e. The van der Waals surface area contributed by atoms with Crippen LogP contribution in [0, 0.1) is 17.8 Å². The highest BCUT2D eigenvalue weighted by molar-refractivity contribution is 5.84. The van der Waals surface area contributed by atoms with Gasteiger partial charge in [0.2, 0.25) is 12.2 Å². The Labute approximate surface area is 145 Å². The molecule has 0 aliphatic carbocycles. The zero-order valence-corrected chi connectivity index (χ0v) is 15.4. The average molecular weight is 341 g/mol. The van der Waals surface area contributed by atoms with Crippen molar-refractivity contribution in [1.82, 2.24) is 5.32 Å². The minimum atomic E-state index is -0.938. The fraction of sp³-hybridized carbons (Fsp3) is 0.833. The van der Waals surface area contributed by atoms with Gasteiger partial charge in [-0.2, -0.15) is 0 Å². The number of carbonyl (C=O) groups excluding carboxylic acids is 2. The van der Waals surface area contributed by atoms with Gasteiger partial charge in [0.05, 0.1) is 18.0 Å². The van der Waals surface area contributed by atoms with E-state index in [9.17, 15) is 19.5 Å². The molecule has 0 aromatic heterocycles. The molecule has 0 rings (SSSR count). The summed E-state index contributed by atoms with van der Waals surface area (Å²) in [7, 11) is 0. The molecule has 0 fully saturated rings. The third kappa shape index (κ3) is 8.43. The van der Waals surface area contributed by atoms with Crippen molar-refractivity contribution in [2.45, 2.75) is 78.3 Å². The molecule has 0 aromatic carbocycles. The number of amides is 1. The van der Waals surface area contributed by atoms with Crippen molar-refractivity contribution >= 4 is 18.2 Å². The lowest BCUT2D eigenvalue weighted by Crippen LogP contribution is -2.49. The van der Waals surface area contributed by atoms with Crippen LogP contribution in [0.4, 0.5) is 0 Å². The van der Waals surface area contributed by atoms with E-state index in [0.717, 1.165) is 25.7 Å². The van der Waals surface area contributed by atoms with Gasteiger partial charge in [-0.3, -0.25) is 14.4 Å². The SMILES string of the molecule is CCCCC(CC)CC(C[C@@H]([C]=O)NC(=O)[C@@H](N)C(C)C)C(=O)O. The van der Waals surface area contributed by atoms with Gasteiger partial charge in [0.25, 0.3) is 0 Å². The Kier molecular flexibility index (Phi) is 11.3. The standard InChI is InChI=1S/C18H33N2O4/c1-5-7-8-13(6-2)9-14(18(23)24)10-15(11-21)20-17(22)16(19)12(3)4/h12-16H,5-10,19H2,1-4H3,(H,20,22)(H,23,24)/t13?,14?,15-,16-/m0/s1. The summed E-state index contributed by atoms with van der Waals surface area (Å²) in [5.41, 5.74) is 5.75. The molecule has 0 heterocycles. The van der Waals surface area contributed by atoms with E-state index in [2.05, 4.69) is 12.2 Å². The van der Waals surface area contributed by atoms with Crippen LogP contribution in [0.1, 0.15) is 66.2 Å². The first-order chi connectivity index (χ1) is 11.3. The van der Waals surface area contributed by atoms with E-state index in [0.29, 0.717) is 12.3 Å². The van der Waals surface area contributed by atoms with Crippen LogP contribution in [0.3, 0.4) is 0 Å². The average Bonchev–Trinajstić information content (AvgIpc) is 2.55. The highest BCUT2D eigenvalue weighted by Crippen LogP contribution is 2.24. The molecule has 2 unspecified atom stereocenters. The summed E-state index contributed by atoms with van der Waals surface area (Å²) in [6, 6.07) is -1.66. The van der Waals surface area contributed by atoms with Gasteiger partial charge in [0.15, 0.2) is 0 Å². The lowest BCUT2D eigenvalue weighted by atomic mass is 9.85. The number of hydrogen-bond donors (Lipinski definition) is 3. The molecule has 6 heteroatoms. The quantitative estimate of drug-likeness (QED) is 0.476. The first kappa shape index (κ1) is 22.6. The molecule has 0 bridgehead atoms. The van der Waals surface area contributed by atoms with E-state index in [-0.39, 0.29) is 12.3 Å². The van der Waals surface area contributed by atoms with Crippen molar-refractivity contribution in [2.24, 2.45) is 23.5 Å². The topological polar surface area (TPSA) is 109 Å². The normalized spacial score (nSPS) is 16.2. The molecule has 0 saturated heterocycles. The van der Waals surface area contributed by atoms with E-state index in [1.807, 2.05) is 20.8 Å². The fourth-order valence-corrected chi connectivity index (χ4v) is 2.67. The minimum Gasteiger partial charge on any atom is -0.481 e. The van der Waals surface area contributed by atoms with Gasteiger partial charge in [-0.05, 0) is 24.7 Å². The van der Waals surface area contributed by atoms with Gasteiger partial charge < -0.3 is 16.2 Å². The summed E-state index contributed by atoms with van der Waals surface area (Å²) >= 11 is 0. The molecular weight excluding hydrogens is 308 g/mol. The Morgan fingerprint density at radius 3 is 2.25 bits per heavy atom. The molecule has 0 aromatic rings. The Morgan fingerprint density at radius 2 is 1.83 bits per heavy atom. The second-order valence-corrected chi connectivity index (χ2v) is 6.87. The highest BCUT2D eigenvalue weighted by Gasteiger charge is 2.28. The van der Waals surface area contributed by atoms with Crippen molar-refractivity contribution < 1.29 is 19.5 Å². The summed E-state index contributed by atoms with van der Waals surface area (Å²) in [6.45, 7) is 7.77. The smallest absolute Gasteiger partial charge is 0.306 e. The predicted molar refractivity (Wildman–Crippen MR) is 94.1 cm³/mol. The first-order valence-electron chi connectivity index (χ1n) is 8.93. The summed E-state index contributed by atoms with van der Waals surface area (Å²) in [5, 5.41) is 12.0. The van der Waals surface area contributed by atoms with Crippen LogP contribution in [0.5, 0.6) is 0 Å². The third-order valence-electron chi connectivity index (χ3n) is 4.51. The maximum atomic E-state index is 12.0. The van der Waals surface area contributed by atoms with Gasteiger partial charge in [-0.25, -0.2) is 0 Å². The van der Waals surface area contributed by atoms with E-state index >= 15 is 0 Å². The Hall–Kier alpha value is -1.43. The number of nitrogens with one attached hydrogen (secondary N) is 1. The van der Waals surface area contributed by atoms with Gasteiger partial charge >= 0.3 is 5.97 Å². The van der Waals surface area contributed by atoms with Crippen molar-refractivity contribution in [3.05, 3.63) is 0 Å². The maximum absolute atomic E-state index is 12.0. The van der Waals surface area contributed by atoms with Crippen LogP contribution < -0.4 is 11.1 Å². The fourth-order valence-electron chi connectivity index (χ4n) is 2.67. The molecule has 4 N–H and O–H groups in total. The first-order valence-corrected chi connectivity index (χ1v) is 8.93. The third-order valence-corrected chi connectivity index (χ3v) is 4.51. The van der Waals surface area contributed by atoms with E-state index in [1.165, 1.54) is 0 Å². The second kappa shape index (κ2) is 12.0. The Bertz CT molecular complexity index is 398. The van der Waals surface area contributed by atoms with Crippen LogP contribution in [-0.4, -0.2) is 35.4 Å². The molecule has 0 spiro atoms. The van der Waals surface area contributed by atoms with Gasteiger partial charge in [-0.15, -0.1) is 0 Å². The summed E-state index contributed by atoms with van der Waals surface area (Å²) < 4.78 is 0. The lowest BCUT2D eigenvalue weighted by molar-refractivity contribution is -0.143. The van der Waals surface area contributed by atoms with Crippen molar-refractivity contribution in [3.8, 4) is 0 Å². The van der Waals surface area contributed by atoms with Crippen LogP contribution in [0.25, 0.3) is 0 Å². The number of hydrogen-bond acceptors (Lipinski definition) is 4. The molecule has 0 saturated carbocycles. The number of carboxylic acids is 1. The summed E-state index contributed by atoms with van der Waals surface area (Å²) in [5.74, 6) is -1.81. The molecule has 24 heavy (non-hydrogen) atoms.